The number of carboxylic acids is 1. The Morgan fingerprint density at radius 3 is 2.91 bits per heavy atom. The molecule has 2 amide bonds. The van der Waals surface area contributed by atoms with Crippen LogP contribution in [0.1, 0.15) is 13.3 Å². The number of benzene rings is 1. The summed E-state index contributed by atoms with van der Waals surface area (Å²) in [5, 5.41) is 12.0. The van der Waals surface area contributed by atoms with Crippen molar-refractivity contribution in [2.45, 2.75) is 13.3 Å². The van der Waals surface area contributed by atoms with E-state index in [-0.39, 0.29) is 12.6 Å². The number of likely N-dealkylation sites (tertiary alicyclic amines) is 1. The third-order valence-electron chi connectivity index (χ3n) is 3.82. The minimum absolute atomic E-state index is 0.186. The van der Waals surface area contributed by atoms with E-state index in [9.17, 15) is 14.7 Å². The van der Waals surface area contributed by atoms with Gasteiger partial charge in [-0.25, -0.2) is 4.79 Å². The quantitative estimate of drug-likeness (QED) is 0.765. The second-order valence-electron chi connectivity index (χ2n) is 5.71. The summed E-state index contributed by atoms with van der Waals surface area (Å²) in [6.45, 7) is 6.17. The van der Waals surface area contributed by atoms with Crippen molar-refractivity contribution in [3.8, 4) is 5.75 Å². The van der Waals surface area contributed by atoms with Crippen LogP contribution in [0.15, 0.2) is 35.3 Å². The van der Waals surface area contributed by atoms with E-state index >= 15 is 0 Å². The highest BCUT2D eigenvalue weighted by Crippen LogP contribution is 2.32. The molecule has 0 aliphatic carbocycles. The maximum absolute atomic E-state index is 12.4. The molecular formula is C16H19BrN2O4. The van der Waals surface area contributed by atoms with Gasteiger partial charge in [0.2, 0.25) is 0 Å². The van der Waals surface area contributed by atoms with Crippen LogP contribution in [-0.2, 0) is 4.79 Å². The third kappa shape index (κ3) is 4.04. The lowest BCUT2D eigenvalue weighted by Crippen LogP contribution is -2.37. The van der Waals surface area contributed by atoms with Gasteiger partial charge in [-0.05, 0) is 31.5 Å². The van der Waals surface area contributed by atoms with E-state index < -0.39 is 11.4 Å². The van der Waals surface area contributed by atoms with Crippen LogP contribution in [0.4, 0.5) is 10.5 Å². The first-order valence-electron chi connectivity index (χ1n) is 7.18. The number of nitrogens with one attached hydrogen (secondary N) is 1. The normalized spacial score (nSPS) is 20.2. The zero-order valence-electron chi connectivity index (χ0n) is 12.8. The molecule has 1 aliphatic rings. The van der Waals surface area contributed by atoms with Gasteiger partial charge in [0, 0.05) is 17.6 Å². The molecule has 7 heteroatoms. The number of nitrogens with zero attached hydrogens (tertiary/aromatic N) is 1. The SMILES string of the molecule is C=CCOc1ccc(Br)cc1NC(=O)N1CCC(C)(C(=O)O)C1. The fourth-order valence-electron chi connectivity index (χ4n) is 2.38. The van der Waals surface area contributed by atoms with Gasteiger partial charge in [0.05, 0.1) is 11.1 Å². The Hall–Kier alpha value is -2.02. The number of anilines is 1. The topological polar surface area (TPSA) is 78.9 Å². The summed E-state index contributed by atoms with van der Waals surface area (Å²) in [7, 11) is 0. The number of halogens is 1. The van der Waals surface area contributed by atoms with E-state index in [4.69, 9.17) is 4.74 Å². The Labute approximate surface area is 143 Å². The molecule has 1 aromatic carbocycles. The summed E-state index contributed by atoms with van der Waals surface area (Å²) in [5.74, 6) is -0.355. The van der Waals surface area contributed by atoms with Crippen molar-refractivity contribution in [3.05, 3.63) is 35.3 Å². The van der Waals surface area contributed by atoms with Gasteiger partial charge in [-0.2, -0.15) is 0 Å². The highest BCUT2D eigenvalue weighted by atomic mass is 79.9. The summed E-state index contributed by atoms with van der Waals surface area (Å²) in [6, 6.07) is 4.96. The molecule has 1 heterocycles. The van der Waals surface area contributed by atoms with Gasteiger partial charge in [-0.15, -0.1) is 0 Å². The first-order valence-corrected chi connectivity index (χ1v) is 7.97. The fourth-order valence-corrected chi connectivity index (χ4v) is 2.74. The molecule has 0 radical (unpaired) electrons. The van der Waals surface area contributed by atoms with Gasteiger partial charge in [0.15, 0.2) is 0 Å². The molecule has 1 saturated heterocycles. The number of carbonyl (C=O) groups is 2. The number of rotatable bonds is 5. The highest BCUT2D eigenvalue weighted by molar-refractivity contribution is 9.10. The molecule has 1 aliphatic heterocycles. The molecule has 124 valence electrons. The summed E-state index contributed by atoms with van der Waals surface area (Å²) < 4.78 is 6.32. The van der Waals surface area contributed by atoms with E-state index in [1.165, 1.54) is 4.90 Å². The Balaban J connectivity index is 2.10. The molecule has 0 saturated carbocycles. The zero-order valence-corrected chi connectivity index (χ0v) is 14.4. The summed E-state index contributed by atoms with van der Waals surface area (Å²) >= 11 is 3.36. The number of hydrogen-bond donors (Lipinski definition) is 2. The fraction of sp³-hybridized carbons (Fsp3) is 0.375. The highest BCUT2D eigenvalue weighted by Gasteiger charge is 2.42. The van der Waals surface area contributed by atoms with Gasteiger partial charge in [0.1, 0.15) is 12.4 Å². The minimum atomic E-state index is -0.892. The van der Waals surface area contributed by atoms with Crippen LogP contribution >= 0.6 is 15.9 Å². The first-order chi connectivity index (χ1) is 10.9. The number of hydrogen-bond acceptors (Lipinski definition) is 3. The number of ether oxygens (including phenoxy) is 1. The molecule has 1 aromatic rings. The number of carbonyl (C=O) groups excluding carboxylic acids is 1. The average Bonchev–Trinajstić information content (AvgIpc) is 2.91. The van der Waals surface area contributed by atoms with Crippen molar-refractivity contribution < 1.29 is 19.4 Å². The molecule has 1 fully saturated rings. The van der Waals surface area contributed by atoms with E-state index in [0.717, 1.165) is 4.47 Å². The van der Waals surface area contributed by atoms with Crippen LogP contribution in [0.3, 0.4) is 0 Å². The van der Waals surface area contributed by atoms with Crippen LogP contribution < -0.4 is 10.1 Å². The number of urea groups is 1. The van der Waals surface area contributed by atoms with Crippen molar-refractivity contribution in [2.75, 3.05) is 25.0 Å². The number of aliphatic carboxylic acids is 1. The largest absolute Gasteiger partial charge is 0.487 e. The van der Waals surface area contributed by atoms with Crippen molar-refractivity contribution >= 4 is 33.6 Å². The Morgan fingerprint density at radius 2 is 2.30 bits per heavy atom. The summed E-state index contributed by atoms with van der Waals surface area (Å²) in [4.78, 5) is 25.2. The Bertz CT molecular complexity index is 635. The molecule has 23 heavy (non-hydrogen) atoms. The second kappa shape index (κ2) is 7.04. The van der Waals surface area contributed by atoms with Crippen LogP contribution in [0, 0.1) is 5.41 Å². The Kier molecular flexibility index (Phi) is 5.30. The second-order valence-corrected chi connectivity index (χ2v) is 6.62. The van der Waals surface area contributed by atoms with Gasteiger partial charge >= 0.3 is 12.0 Å². The summed E-state index contributed by atoms with van der Waals surface area (Å²) in [6.07, 6.45) is 2.06. The van der Waals surface area contributed by atoms with Gasteiger partial charge in [-0.3, -0.25) is 4.79 Å². The van der Waals surface area contributed by atoms with Crippen molar-refractivity contribution in [1.29, 1.82) is 0 Å². The summed E-state index contributed by atoms with van der Waals surface area (Å²) in [5.41, 5.74) is -0.369. The minimum Gasteiger partial charge on any atom is -0.487 e. The van der Waals surface area contributed by atoms with E-state index in [2.05, 4.69) is 27.8 Å². The van der Waals surface area contributed by atoms with E-state index in [0.29, 0.717) is 31.0 Å². The van der Waals surface area contributed by atoms with E-state index in [1.807, 2.05) is 6.07 Å². The monoisotopic (exact) mass is 382 g/mol. The number of amides is 2. The molecule has 0 spiro atoms. The lowest BCUT2D eigenvalue weighted by atomic mass is 9.90. The van der Waals surface area contributed by atoms with Gasteiger partial charge in [0.25, 0.3) is 0 Å². The van der Waals surface area contributed by atoms with Crippen molar-refractivity contribution in [2.24, 2.45) is 5.41 Å². The average molecular weight is 383 g/mol. The van der Waals surface area contributed by atoms with Gasteiger partial charge < -0.3 is 20.1 Å². The molecule has 1 unspecified atom stereocenters. The molecule has 2 N–H and O–H groups in total. The molecule has 1 atom stereocenters. The van der Waals surface area contributed by atoms with Crippen LogP contribution in [0.2, 0.25) is 0 Å². The van der Waals surface area contributed by atoms with Crippen LogP contribution in [0.5, 0.6) is 5.75 Å². The number of carboxylic acid groups (broad SMARTS) is 1. The molecule has 6 nitrogen and oxygen atoms in total. The zero-order chi connectivity index (χ0) is 17.0. The first kappa shape index (κ1) is 17.3. The van der Waals surface area contributed by atoms with E-state index in [1.54, 1.807) is 25.1 Å². The van der Waals surface area contributed by atoms with Crippen molar-refractivity contribution in [1.82, 2.24) is 4.90 Å². The molecule has 0 aromatic heterocycles. The Morgan fingerprint density at radius 1 is 1.57 bits per heavy atom. The van der Waals surface area contributed by atoms with Crippen molar-refractivity contribution in [3.63, 3.8) is 0 Å². The van der Waals surface area contributed by atoms with Crippen LogP contribution in [-0.4, -0.2) is 41.7 Å². The predicted octanol–water partition coefficient (Wildman–Crippen LogP) is 3.34. The van der Waals surface area contributed by atoms with Gasteiger partial charge in [-0.1, -0.05) is 28.6 Å². The van der Waals surface area contributed by atoms with Crippen LogP contribution in [0.25, 0.3) is 0 Å². The molecule has 2 rings (SSSR count). The lowest BCUT2D eigenvalue weighted by molar-refractivity contribution is -0.146. The maximum atomic E-state index is 12.4. The standard InChI is InChI=1S/C16H19BrN2O4/c1-3-8-23-13-5-4-11(17)9-12(13)18-15(22)19-7-6-16(2,10-19)14(20)21/h3-5,9H,1,6-8,10H2,2H3,(H,18,22)(H,20,21). The molecule has 0 bridgehead atoms. The predicted molar refractivity (Wildman–Crippen MR) is 90.8 cm³/mol. The maximum Gasteiger partial charge on any atom is 0.321 e. The lowest BCUT2D eigenvalue weighted by Gasteiger charge is -2.21. The molecular weight excluding hydrogens is 364 g/mol. The smallest absolute Gasteiger partial charge is 0.321 e. The third-order valence-corrected chi connectivity index (χ3v) is 4.31.